The molecule has 2 N–H and O–H groups in total. The molecule has 0 radical (unpaired) electrons. The predicted molar refractivity (Wildman–Crippen MR) is 66.4 cm³/mol. The molecule has 0 aliphatic rings. The fourth-order valence-electron chi connectivity index (χ4n) is 1.67. The minimum Gasteiger partial charge on any atom is -0.317 e. The van der Waals surface area contributed by atoms with Crippen LogP contribution in [0.15, 0.2) is 44.8 Å². The molecule has 94 valence electrons. The molecule has 1 aromatic carbocycles. The molecule has 0 saturated heterocycles. The normalized spacial score (nSPS) is 10.7. The number of aromatic amines is 2. The molecule has 2 aromatic heterocycles. The van der Waals surface area contributed by atoms with Crippen LogP contribution in [0.2, 0.25) is 0 Å². The summed E-state index contributed by atoms with van der Waals surface area (Å²) in [5, 5.41) is 3.59. The van der Waals surface area contributed by atoms with Gasteiger partial charge in [0.15, 0.2) is 0 Å². The van der Waals surface area contributed by atoms with Gasteiger partial charge in [-0.1, -0.05) is 12.1 Å². The molecular weight excluding hydrogens is 250 g/mol. The van der Waals surface area contributed by atoms with Crippen LogP contribution in [-0.2, 0) is 0 Å². The van der Waals surface area contributed by atoms with Crippen LogP contribution in [0.5, 0.6) is 0 Å². The number of H-pyrrole nitrogens is 2. The molecule has 0 atom stereocenters. The fraction of sp³-hybridized carbons (Fsp3) is 0. The zero-order valence-corrected chi connectivity index (χ0v) is 9.45. The smallest absolute Gasteiger partial charge is 0.317 e. The van der Waals surface area contributed by atoms with Crippen LogP contribution < -0.4 is 16.8 Å². The van der Waals surface area contributed by atoms with Gasteiger partial charge in [-0.2, -0.15) is 9.78 Å². The summed E-state index contributed by atoms with van der Waals surface area (Å²) in [6.45, 7) is 0. The summed E-state index contributed by atoms with van der Waals surface area (Å²) in [6.07, 6.45) is 0.901. The van der Waals surface area contributed by atoms with Crippen molar-refractivity contribution in [3.63, 3.8) is 0 Å². The summed E-state index contributed by atoms with van der Waals surface area (Å²) in [5.41, 5.74) is -0.967. The van der Waals surface area contributed by atoms with Crippen molar-refractivity contribution >= 4 is 11.0 Å². The standard InChI is InChI=1S/C11H7N5O3/c17-8-5-12-16(11(19)15-8)9-10(18)14-7-4-2-1-3-6(7)13-9/h1-5H,(H,14,18)(H,15,17,19). The first-order valence-electron chi connectivity index (χ1n) is 5.33. The highest BCUT2D eigenvalue weighted by molar-refractivity contribution is 5.74. The van der Waals surface area contributed by atoms with Crippen molar-refractivity contribution in [2.24, 2.45) is 0 Å². The van der Waals surface area contributed by atoms with E-state index in [-0.39, 0.29) is 5.82 Å². The van der Waals surface area contributed by atoms with Crippen molar-refractivity contribution in [1.29, 1.82) is 0 Å². The molecule has 0 spiro atoms. The van der Waals surface area contributed by atoms with Crippen molar-refractivity contribution in [3.8, 4) is 5.82 Å². The number of rotatable bonds is 1. The largest absolute Gasteiger partial charge is 0.351 e. The van der Waals surface area contributed by atoms with E-state index in [1.165, 1.54) is 0 Å². The van der Waals surface area contributed by atoms with E-state index in [0.29, 0.717) is 11.0 Å². The van der Waals surface area contributed by atoms with Gasteiger partial charge in [-0.15, -0.1) is 0 Å². The predicted octanol–water partition coefficient (Wildman–Crippen LogP) is -0.843. The number of aromatic nitrogens is 5. The van der Waals surface area contributed by atoms with E-state index in [2.05, 4.69) is 15.1 Å². The molecule has 3 rings (SSSR count). The lowest BCUT2D eigenvalue weighted by Crippen LogP contribution is -2.34. The van der Waals surface area contributed by atoms with Gasteiger partial charge in [0, 0.05) is 0 Å². The second-order valence-electron chi connectivity index (χ2n) is 3.76. The van der Waals surface area contributed by atoms with Crippen LogP contribution in [0.25, 0.3) is 16.9 Å². The Morgan fingerprint density at radius 1 is 1.05 bits per heavy atom. The number of hydrogen-bond acceptors (Lipinski definition) is 5. The Hall–Kier alpha value is -3.03. The lowest BCUT2D eigenvalue weighted by atomic mass is 10.3. The average molecular weight is 257 g/mol. The topological polar surface area (TPSA) is 114 Å². The first-order valence-corrected chi connectivity index (χ1v) is 5.33. The molecule has 0 bridgehead atoms. The summed E-state index contributed by atoms with van der Waals surface area (Å²) >= 11 is 0. The number of benzene rings is 1. The van der Waals surface area contributed by atoms with Crippen molar-refractivity contribution in [3.05, 3.63) is 61.7 Å². The summed E-state index contributed by atoms with van der Waals surface area (Å²) in [5.74, 6) is -0.194. The zero-order chi connectivity index (χ0) is 13.4. The molecule has 0 aliphatic heterocycles. The molecule has 0 saturated carbocycles. The average Bonchev–Trinajstić information content (AvgIpc) is 2.38. The van der Waals surface area contributed by atoms with E-state index in [4.69, 9.17) is 0 Å². The Labute approximate surface area is 104 Å². The van der Waals surface area contributed by atoms with E-state index in [1.807, 2.05) is 4.98 Å². The van der Waals surface area contributed by atoms with E-state index >= 15 is 0 Å². The lowest BCUT2D eigenvalue weighted by molar-refractivity contribution is 0.724. The minimum atomic E-state index is -0.819. The van der Waals surface area contributed by atoms with Crippen LogP contribution in [0, 0.1) is 0 Å². The van der Waals surface area contributed by atoms with Crippen molar-refractivity contribution in [2.75, 3.05) is 0 Å². The van der Waals surface area contributed by atoms with Gasteiger partial charge in [-0.3, -0.25) is 14.6 Å². The minimum absolute atomic E-state index is 0.194. The number of nitrogens with zero attached hydrogens (tertiary/aromatic N) is 3. The summed E-state index contributed by atoms with van der Waals surface area (Å²) in [6, 6.07) is 6.88. The Balaban J connectivity index is 2.36. The van der Waals surface area contributed by atoms with Crippen LogP contribution in [-0.4, -0.2) is 24.7 Å². The van der Waals surface area contributed by atoms with E-state index in [0.717, 1.165) is 10.9 Å². The lowest BCUT2D eigenvalue weighted by Gasteiger charge is -2.02. The van der Waals surface area contributed by atoms with Gasteiger partial charge in [0.05, 0.1) is 11.0 Å². The first-order chi connectivity index (χ1) is 9.15. The molecule has 2 heterocycles. The highest BCUT2D eigenvalue weighted by Crippen LogP contribution is 2.06. The van der Waals surface area contributed by atoms with Gasteiger partial charge < -0.3 is 4.98 Å². The number of para-hydroxylation sites is 2. The van der Waals surface area contributed by atoms with Crippen molar-refractivity contribution in [1.82, 2.24) is 24.7 Å². The molecule has 0 amide bonds. The summed E-state index contributed by atoms with van der Waals surface area (Å²) in [4.78, 5) is 43.0. The summed E-state index contributed by atoms with van der Waals surface area (Å²) < 4.78 is 0.743. The second-order valence-corrected chi connectivity index (χ2v) is 3.76. The molecule has 19 heavy (non-hydrogen) atoms. The Morgan fingerprint density at radius 2 is 1.84 bits per heavy atom. The Morgan fingerprint density at radius 3 is 2.63 bits per heavy atom. The quantitative estimate of drug-likeness (QED) is 0.590. The zero-order valence-electron chi connectivity index (χ0n) is 9.45. The molecule has 3 aromatic rings. The van der Waals surface area contributed by atoms with Gasteiger partial charge in [0.1, 0.15) is 6.20 Å². The second kappa shape index (κ2) is 4.02. The van der Waals surface area contributed by atoms with Gasteiger partial charge in [-0.05, 0) is 12.1 Å². The molecule has 0 fully saturated rings. The van der Waals surface area contributed by atoms with E-state index in [9.17, 15) is 14.4 Å². The van der Waals surface area contributed by atoms with E-state index in [1.54, 1.807) is 24.3 Å². The van der Waals surface area contributed by atoms with Crippen LogP contribution in [0.3, 0.4) is 0 Å². The van der Waals surface area contributed by atoms with Crippen LogP contribution in [0.1, 0.15) is 0 Å². The van der Waals surface area contributed by atoms with Gasteiger partial charge in [-0.25, -0.2) is 9.78 Å². The Kier molecular flexibility index (Phi) is 2.34. The maximum absolute atomic E-state index is 11.9. The number of hydrogen-bond donors (Lipinski definition) is 2. The SMILES string of the molecule is O=c1cnn(-c2nc3ccccc3[nH]c2=O)c(=O)[nH]1. The third kappa shape index (κ3) is 1.84. The maximum atomic E-state index is 11.9. The molecule has 0 aliphatic carbocycles. The number of nitrogens with one attached hydrogen (secondary N) is 2. The van der Waals surface area contributed by atoms with Crippen LogP contribution in [0.4, 0.5) is 0 Å². The molecular formula is C11H7N5O3. The third-order valence-electron chi connectivity index (χ3n) is 2.50. The molecule has 0 unspecified atom stereocenters. The number of fused-ring (bicyclic) bond motifs is 1. The molecule has 8 heteroatoms. The van der Waals surface area contributed by atoms with Gasteiger partial charge >= 0.3 is 5.69 Å². The van der Waals surface area contributed by atoms with Gasteiger partial charge in [0.25, 0.3) is 11.1 Å². The maximum Gasteiger partial charge on any atom is 0.351 e. The fourth-order valence-corrected chi connectivity index (χ4v) is 1.67. The monoisotopic (exact) mass is 257 g/mol. The Bertz CT molecular complexity index is 937. The van der Waals surface area contributed by atoms with Crippen LogP contribution >= 0.6 is 0 Å². The third-order valence-corrected chi connectivity index (χ3v) is 2.50. The van der Waals surface area contributed by atoms with Crippen molar-refractivity contribution in [2.45, 2.75) is 0 Å². The van der Waals surface area contributed by atoms with Crippen molar-refractivity contribution < 1.29 is 0 Å². The van der Waals surface area contributed by atoms with Gasteiger partial charge in [0.2, 0.25) is 5.82 Å². The highest BCUT2D eigenvalue weighted by atomic mass is 16.2. The summed E-state index contributed by atoms with van der Waals surface area (Å²) in [7, 11) is 0. The first kappa shape index (κ1) is 11.1. The highest BCUT2D eigenvalue weighted by Gasteiger charge is 2.09. The molecule has 8 nitrogen and oxygen atoms in total. The van der Waals surface area contributed by atoms with E-state index < -0.39 is 16.8 Å².